The van der Waals surface area contributed by atoms with Gasteiger partial charge < -0.3 is 4.90 Å². The number of hydrogen-bond donors (Lipinski definition) is 0. The smallest absolute Gasteiger partial charge is 0.282 e. The van der Waals surface area contributed by atoms with E-state index in [9.17, 15) is 9.59 Å². The van der Waals surface area contributed by atoms with E-state index in [2.05, 4.69) is 11.8 Å². The first kappa shape index (κ1) is 18.8. The molecule has 0 bridgehead atoms. The number of anilines is 1. The molecule has 0 radical (unpaired) electrons. The molecule has 1 fully saturated rings. The van der Waals surface area contributed by atoms with E-state index in [-0.39, 0.29) is 11.8 Å². The predicted octanol–water partition coefficient (Wildman–Crippen LogP) is 4.66. The summed E-state index contributed by atoms with van der Waals surface area (Å²) in [6.07, 6.45) is 2.16. The van der Waals surface area contributed by atoms with Crippen LogP contribution >= 0.6 is 11.6 Å². The topological polar surface area (TPSA) is 40.6 Å². The van der Waals surface area contributed by atoms with Crippen molar-refractivity contribution in [2.75, 3.05) is 18.0 Å². The van der Waals surface area contributed by atoms with Crippen LogP contribution in [-0.2, 0) is 9.59 Å². The zero-order chi connectivity index (χ0) is 19.8. The quantitative estimate of drug-likeness (QED) is 0.710. The van der Waals surface area contributed by atoms with Crippen LogP contribution < -0.4 is 4.90 Å². The van der Waals surface area contributed by atoms with Crippen LogP contribution in [0.15, 0.2) is 54.2 Å². The Morgan fingerprint density at radius 1 is 1.04 bits per heavy atom. The van der Waals surface area contributed by atoms with Crippen molar-refractivity contribution in [3.63, 3.8) is 0 Å². The Morgan fingerprint density at radius 3 is 2.46 bits per heavy atom. The van der Waals surface area contributed by atoms with Gasteiger partial charge in [0.2, 0.25) is 0 Å². The SMILES string of the molecule is Cc1ccc(C2=C(N3CCCC(C)C3)C(=O)N(c3cccc(Cl)c3)C2=O)cc1. The molecule has 0 aromatic heterocycles. The Balaban J connectivity index is 1.83. The van der Waals surface area contributed by atoms with Crippen molar-refractivity contribution in [2.24, 2.45) is 5.92 Å². The predicted molar refractivity (Wildman–Crippen MR) is 112 cm³/mol. The molecule has 2 aliphatic heterocycles. The Labute approximate surface area is 170 Å². The standard InChI is InChI=1S/C23H23ClN2O2/c1-15-8-10-17(11-9-15)20-21(25-12-4-5-16(2)14-25)23(28)26(22(20)27)19-7-3-6-18(24)13-19/h3,6-11,13,16H,4-5,12,14H2,1-2H3. The van der Waals surface area contributed by atoms with Crippen molar-refractivity contribution >= 4 is 34.7 Å². The number of imide groups is 1. The van der Waals surface area contributed by atoms with Crippen molar-refractivity contribution < 1.29 is 9.59 Å². The highest BCUT2D eigenvalue weighted by Crippen LogP contribution is 2.37. The van der Waals surface area contributed by atoms with Crippen LogP contribution in [0.25, 0.3) is 5.57 Å². The summed E-state index contributed by atoms with van der Waals surface area (Å²) in [7, 11) is 0. The Kier molecular flexibility index (Phi) is 4.98. The van der Waals surface area contributed by atoms with E-state index in [0.29, 0.717) is 27.9 Å². The summed E-state index contributed by atoms with van der Waals surface area (Å²) >= 11 is 6.12. The summed E-state index contributed by atoms with van der Waals surface area (Å²) in [6, 6.07) is 14.7. The molecule has 1 saturated heterocycles. The van der Waals surface area contributed by atoms with E-state index >= 15 is 0 Å². The van der Waals surface area contributed by atoms with E-state index in [4.69, 9.17) is 11.6 Å². The van der Waals surface area contributed by atoms with Crippen LogP contribution in [0.2, 0.25) is 5.02 Å². The lowest BCUT2D eigenvalue weighted by atomic mass is 9.97. The number of halogens is 1. The third-order valence-electron chi connectivity index (χ3n) is 5.44. The van der Waals surface area contributed by atoms with Gasteiger partial charge in [0.25, 0.3) is 11.8 Å². The highest BCUT2D eigenvalue weighted by molar-refractivity contribution is 6.45. The molecule has 2 amide bonds. The van der Waals surface area contributed by atoms with Crippen molar-refractivity contribution in [3.05, 3.63) is 70.4 Å². The number of amides is 2. The zero-order valence-electron chi connectivity index (χ0n) is 16.1. The minimum absolute atomic E-state index is 0.267. The number of nitrogens with zero attached hydrogens (tertiary/aromatic N) is 2. The average Bonchev–Trinajstić information content (AvgIpc) is 2.93. The molecule has 4 nitrogen and oxygen atoms in total. The monoisotopic (exact) mass is 394 g/mol. The largest absolute Gasteiger partial charge is 0.366 e. The van der Waals surface area contributed by atoms with E-state index in [1.165, 1.54) is 4.90 Å². The minimum atomic E-state index is -0.288. The van der Waals surface area contributed by atoms with E-state index in [1.807, 2.05) is 31.2 Å². The summed E-state index contributed by atoms with van der Waals surface area (Å²) in [5, 5.41) is 0.495. The lowest BCUT2D eigenvalue weighted by Gasteiger charge is -2.33. The number of carbonyl (C=O) groups excluding carboxylic acids is 2. The van der Waals surface area contributed by atoms with Crippen molar-refractivity contribution in [2.45, 2.75) is 26.7 Å². The second-order valence-electron chi connectivity index (χ2n) is 7.71. The maximum atomic E-state index is 13.4. The number of benzene rings is 2. The normalized spacial score (nSPS) is 20.3. The van der Waals surface area contributed by atoms with Gasteiger partial charge in [-0.2, -0.15) is 0 Å². The molecular weight excluding hydrogens is 372 g/mol. The molecule has 1 atom stereocenters. The molecular formula is C23H23ClN2O2. The number of rotatable bonds is 3. The van der Waals surface area contributed by atoms with Crippen LogP contribution in [0.4, 0.5) is 5.69 Å². The highest BCUT2D eigenvalue weighted by atomic mass is 35.5. The molecule has 5 heteroatoms. The first-order valence-electron chi connectivity index (χ1n) is 9.66. The lowest BCUT2D eigenvalue weighted by molar-refractivity contribution is -0.120. The molecule has 144 valence electrons. The molecule has 0 spiro atoms. The number of aryl methyl sites for hydroxylation is 1. The maximum Gasteiger partial charge on any atom is 0.282 e. The van der Waals surface area contributed by atoms with Crippen LogP contribution in [0.5, 0.6) is 0 Å². The lowest BCUT2D eigenvalue weighted by Crippen LogP contribution is -2.39. The molecule has 28 heavy (non-hydrogen) atoms. The van der Waals surface area contributed by atoms with Gasteiger partial charge in [-0.25, -0.2) is 4.90 Å². The Morgan fingerprint density at radius 2 is 1.79 bits per heavy atom. The number of piperidine rings is 1. The first-order chi connectivity index (χ1) is 13.5. The molecule has 1 unspecified atom stereocenters. The van der Waals surface area contributed by atoms with Gasteiger partial charge in [0.1, 0.15) is 5.70 Å². The molecule has 0 aliphatic carbocycles. The average molecular weight is 395 g/mol. The fourth-order valence-corrected chi connectivity index (χ4v) is 4.22. The molecule has 2 aliphatic rings. The second-order valence-corrected chi connectivity index (χ2v) is 8.15. The molecule has 2 heterocycles. The summed E-state index contributed by atoms with van der Waals surface area (Å²) in [5.74, 6) is -0.0649. The van der Waals surface area contributed by atoms with Crippen molar-refractivity contribution in [3.8, 4) is 0 Å². The third kappa shape index (κ3) is 3.33. The van der Waals surface area contributed by atoms with E-state index in [1.54, 1.807) is 24.3 Å². The number of likely N-dealkylation sites (tertiary alicyclic amines) is 1. The summed E-state index contributed by atoms with van der Waals surface area (Å²) in [5.41, 5.74) is 3.40. The number of hydrogen-bond acceptors (Lipinski definition) is 3. The van der Waals surface area contributed by atoms with Gasteiger partial charge in [-0.05, 0) is 49.4 Å². The van der Waals surface area contributed by atoms with Gasteiger partial charge in [-0.15, -0.1) is 0 Å². The summed E-state index contributed by atoms with van der Waals surface area (Å²) in [6.45, 7) is 5.77. The molecule has 4 rings (SSSR count). The van der Waals surface area contributed by atoms with Gasteiger partial charge in [0.05, 0.1) is 11.3 Å². The third-order valence-corrected chi connectivity index (χ3v) is 5.67. The fraction of sp³-hybridized carbons (Fsp3) is 0.304. The first-order valence-corrected chi connectivity index (χ1v) is 10.0. The summed E-state index contributed by atoms with van der Waals surface area (Å²) < 4.78 is 0. The van der Waals surface area contributed by atoms with Crippen molar-refractivity contribution in [1.82, 2.24) is 4.90 Å². The van der Waals surface area contributed by atoms with Crippen LogP contribution in [0.3, 0.4) is 0 Å². The van der Waals surface area contributed by atoms with Gasteiger partial charge in [0.15, 0.2) is 0 Å². The Hall–Kier alpha value is -2.59. The molecule has 0 saturated carbocycles. The molecule has 2 aromatic rings. The minimum Gasteiger partial charge on any atom is -0.366 e. The van der Waals surface area contributed by atoms with E-state index in [0.717, 1.165) is 37.1 Å². The van der Waals surface area contributed by atoms with Crippen LogP contribution in [0.1, 0.15) is 30.9 Å². The van der Waals surface area contributed by atoms with Crippen molar-refractivity contribution in [1.29, 1.82) is 0 Å². The molecule has 2 aromatic carbocycles. The second kappa shape index (κ2) is 7.44. The van der Waals surface area contributed by atoms with Crippen LogP contribution in [-0.4, -0.2) is 29.8 Å². The van der Waals surface area contributed by atoms with Gasteiger partial charge >= 0.3 is 0 Å². The van der Waals surface area contributed by atoms with Gasteiger partial charge in [-0.3, -0.25) is 9.59 Å². The zero-order valence-corrected chi connectivity index (χ0v) is 16.9. The maximum absolute atomic E-state index is 13.4. The van der Waals surface area contributed by atoms with Crippen LogP contribution in [0, 0.1) is 12.8 Å². The van der Waals surface area contributed by atoms with E-state index < -0.39 is 0 Å². The van der Waals surface area contributed by atoms with Gasteiger partial charge in [-0.1, -0.05) is 54.4 Å². The Bertz CT molecular complexity index is 965. The van der Waals surface area contributed by atoms with Gasteiger partial charge in [0, 0.05) is 18.1 Å². The fourth-order valence-electron chi connectivity index (χ4n) is 4.03. The highest BCUT2D eigenvalue weighted by Gasteiger charge is 2.43. The molecule has 0 N–H and O–H groups in total. The number of carbonyl (C=O) groups is 2. The summed E-state index contributed by atoms with van der Waals surface area (Å²) in [4.78, 5) is 30.2.